The van der Waals surface area contributed by atoms with Gasteiger partial charge >= 0.3 is 0 Å². The number of anilines is 1. The van der Waals surface area contributed by atoms with E-state index in [4.69, 9.17) is 0 Å². The zero-order valence-corrected chi connectivity index (χ0v) is 10.6. The van der Waals surface area contributed by atoms with Crippen LogP contribution in [0.15, 0.2) is 24.3 Å². The Balaban J connectivity index is 2.73. The van der Waals surface area contributed by atoms with Gasteiger partial charge in [-0.2, -0.15) is 0 Å². The van der Waals surface area contributed by atoms with Crippen molar-refractivity contribution in [3.8, 4) is 0 Å². The molecule has 18 heavy (non-hydrogen) atoms. The van der Waals surface area contributed by atoms with Gasteiger partial charge in [-0.05, 0) is 19.9 Å². The third-order valence-electron chi connectivity index (χ3n) is 2.79. The van der Waals surface area contributed by atoms with E-state index in [9.17, 15) is 14.9 Å². The zero-order chi connectivity index (χ0) is 13.5. The number of nitrogens with zero attached hydrogens (tertiary/aromatic N) is 1. The number of likely N-dealkylation sites (N-methyl/N-ethyl adjacent to an activating group) is 1. The smallest absolute Gasteiger partial charge is 0.292 e. The summed E-state index contributed by atoms with van der Waals surface area (Å²) in [7, 11) is 0. The van der Waals surface area contributed by atoms with Crippen LogP contribution >= 0.6 is 0 Å². The van der Waals surface area contributed by atoms with Gasteiger partial charge in [-0.15, -0.1) is 0 Å². The van der Waals surface area contributed by atoms with Crippen molar-refractivity contribution in [1.82, 2.24) is 0 Å². The van der Waals surface area contributed by atoms with Crippen LogP contribution in [0.5, 0.6) is 0 Å². The topological polar surface area (TPSA) is 76.7 Å². The number of carbonyl (C=O) groups is 1. The van der Waals surface area contributed by atoms with E-state index in [0.29, 0.717) is 6.54 Å². The normalized spacial score (nSPS) is 10.4. The Morgan fingerprint density at radius 3 is 2.50 bits per heavy atom. The Morgan fingerprint density at radius 1 is 1.33 bits per heavy atom. The molecule has 6 nitrogen and oxygen atoms in total. The summed E-state index contributed by atoms with van der Waals surface area (Å²) < 4.78 is 0. The van der Waals surface area contributed by atoms with Crippen molar-refractivity contribution in [2.24, 2.45) is 0 Å². The maximum atomic E-state index is 11.8. The van der Waals surface area contributed by atoms with Crippen molar-refractivity contribution in [2.75, 3.05) is 25.0 Å². The number of rotatable bonds is 6. The summed E-state index contributed by atoms with van der Waals surface area (Å²) in [5.74, 6) is -0.206. The van der Waals surface area contributed by atoms with Crippen molar-refractivity contribution in [3.63, 3.8) is 0 Å². The van der Waals surface area contributed by atoms with Crippen molar-refractivity contribution in [3.05, 3.63) is 34.4 Å². The van der Waals surface area contributed by atoms with E-state index < -0.39 is 4.92 Å². The molecule has 1 rings (SSSR count). The van der Waals surface area contributed by atoms with Gasteiger partial charge in [0.25, 0.3) is 11.6 Å². The first-order chi connectivity index (χ1) is 8.58. The van der Waals surface area contributed by atoms with Gasteiger partial charge in [0.15, 0.2) is 6.54 Å². The lowest BCUT2D eigenvalue weighted by Crippen LogP contribution is -3.12. The minimum absolute atomic E-state index is 0.0830. The molecule has 0 aliphatic carbocycles. The average Bonchev–Trinajstić information content (AvgIpc) is 2.36. The monoisotopic (exact) mass is 252 g/mol. The quantitative estimate of drug-likeness (QED) is 0.570. The SMILES string of the molecule is CC[NH+](CC)CC(=O)Nc1ccccc1[N+](=O)[O-]. The molecule has 0 aromatic heterocycles. The first kappa shape index (κ1) is 14.1. The number of nitrogens with one attached hydrogen (secondary N) is 2. The predicted octanol–water partition coefficient (Wildman–Crippen LogP) is 0.458. The van der Waals surface area contributed by atoms with E-state index in [1.807, 2.05) is 13.8 Å². The summed E-state index contributed by atoms with van der Waals surface area (Å²) in [4.78, 5) is 23.2. The van der Waals surface area contributed by atoms with Gasteiger partial charge in [0, 0.05) is 6.07 Å². The van der Waals surface area contributed by atoms with Crippen LogP contribution in [0.3, 0.4) is 0 Å². The fourth-order valence-electron chi connectivity index (χ4n) is 1.66. The molecule has 0 saturated carbocycles. The highest BCUT2D eigenvalue weighted by molar-refractivity contribution is 5.93. The molecule has 1 amide bonds. The summed E-state index contributed by atoms with van der Waals surface area (Å²) in [6.07, 6.45) is 0. The lowest BCUT2D eigenvalue weighted by atomic mass is 10.2. The van der Waals surface area contributed by atoms with Crippen LogP contribution in [0.2, 0.25) is 0 Å². The van der Waals surface area contributed by atoms with E-state index in [-0.39, 0.29) is 17.3 Å². The Kier molecular flexibility index (Phi) is 5.26. The predicted molar refractivity (Wildman–Crippen MR) is 68.6 cm³/mol. The lowest BCUT2D eigenvalue weighted by molar-refractivity contribution is -0.888. The first-order valence-corrected chi connectivity index (χ1v) is 5.95. The second-order valence-electron chi connectivity index (χ2n) is 3.96. The molecule has 6 heteroatoms. The van der Waals surface area contributed by atoms with Crippen LogP contribution in [0, 0.1) is 10.1 Å². The molecule has 0 spiro atoms. The van der Waals surface area contributed by atoms with Crippen LogP contribution < -0.4 is 10.2 Å². The van der Waals surface area contributed by atoms with Gasteiger partial charge in [-0.25, -0.2) is 0 Å². The van der Waals surface area contributed by atoms with Crippen LogP contribution in [0.25, 0.3) is 0 Å². The van der Waals surface area contributed by atoms with Crippen LogP contribution in [0.4, 0.5) is 11.4 Å². The minimum atomic E-state index is -0.500. The molecule has 0 fully saturated rings. The fraction of sp³-hybridized carbons (Fsp3) is 0.417. The molecule has 0 atom stereocenters. The van der Waals surface area contributed by atoms with Gasteiger partial charge in [0.2, 0.25) is 0 Å². The highest BCUT2D eigenvalue weighted by atomic mass is 16.6. The molecule has 0 unspecified atom stereocenters. The second kappa shape index (κ2) is 6.70. The summed E-state index contributed by atoms with van der Waals surface area (Å²) in [5.41, 5.74) is 0.166. The molecule has 0 bridgehead atoms. The first-order valence-electron chi connectivity index (χ1n) is 5.95. The molecule has 0 saturated heterocycles. The molecule has 0 aliphatic rings. The largest absolute Gasteiger partial charge is 0.328 e. The molecular formula is C12H18N3O3+. The Hall–Kier alpha value is -1.95. The molecule has 1 aromatic rings. The summed E-state index contributed by atoms with van der Waals surface area (Å²) in [6.45, 7) is 6.01. The van der Waals surface area contributed by atoms with Gasteiger partial charge < -0.3 is 10.2 Å². The summed E-state index contributed by atoms with van der Waals surface area (Å²) in [5, 5.41) is 13.4. The van der Waals surface area contributed by atoms with Gasteiger partial charge in [0.1, 0.15) is 5.69 Å². The highest BCUT2D eigenvalue weighted by Crippen LogP contribution is 2.22. The summed E-state index contributed by atoms with van der Waals surface area (Å²) >= 11 is 0. The summed E-state index contributed by atoms with van der Waals surface area (Å²) in [6, 6.07) is 6.14. The maximum Gasteiger partial charge on any atom is 0.292 e. The number of benzene rings is 1. The standard InChI is InChI=1S/C12H17N3O3/c1-3-14(4-2)9-12(16)13-10-7-5-6-8-11(10)15(17)18/h5-8H,3-4,9H2,1-2H3,(H,13,16)/p+1. The third-order valence-corrected chi connectivity index (χ3v) is 2.79. The van der Waals surface area contributed by atoms with Crippen molar-refractivity contribution >= 4 is 17.3 Å². The van der Waals surface area contributed by atoms with Crippen molar-refractivity contribution < 1.29 is 14.6 Å². The zero-order valence-electron chi connectivity index (χ0n) is 10.6. The lowest BCUT2D eigenvalue weighted by Gasteiger charge is -2.14. The number of carbonyl (C=O) groups excluding carboxylic acids is 1. The highest BCUT2D eigenvalue weighted by Gasteiger charge is 2.17. The van der Waals surface area contributed by atoms with Gasteiger partial charge in [-0.1, -0.05) is 12.1 Å². The molecular weight excluding hydrogens is 234 g/mol. The number of para-hydroxylation sites is 2. The Morgan fingerprint density at radius 2 is 1.94 bits per heavy atom. The van der Waals surface area contributed by atoms with E-state index in [1.54, 1.807) is 12.1 Å². The van der Waals surface area contributed by atoms with Crippen molar-refractivity contribution in [2.45, 2.75) is 13.8 Å². The van der Waals surface area contributed by atoms with Crippen LogP contribution in [-0.4, -0.2) is 30.5 Å². The maximum absolute atomic E-state index is 11.8. The average molecular weight is 252 g/mol. The van der Waals surface area contributed by atoms with Crippen molar-refractivity contribution in [1.29, 1.82) is 0 Å². The molecule has 98 valence electrons. The third kappa shape index (κ3) is 3.81. The molecule has 0 radical (unpaired) electrons. The Labute approximate surface area is 106 Å². The van der Waals surface area contributed by atoms with E-state index in [2.05, 4.69) is 5.32 Å². The number of hydrogen-bond acceptors (Lipinski definition) is 3. The Bertz CT molecular complexity index is 430. The molecule has 0 aliphatic heterocycles. The van der Waals surface area contributed by atoms with E-state index >= 15 is 0 Å². The van der Waals surface area contributed by atoms with Gasteiger partial charge in [-0.3, -0.25) is 14.9 Å². The number of hydrogen-bond donors (Lipinski definition) is 2. The number of amides is 1. The number of nitro benzene ring substituents is 1. The number of nitro groups is 1. The van der Waals surface area contributed by atoms with Crippen LogP contribution in [-0.2, 0) is 4.79 Å². The fourth-order valence-corrected chi connectivity index (χ4v) is 1.66. The van der Waals surface area contributed by atoms with E-state index in [1.165, 1.54) is 12.1 Å². The van der Waals surface area contributed by atoms with Crippen LogP contribution in [0.1, 0.15) is 13.8 Å². The molecule has 1 aromatic carbocycles. The second-order valence-corrected chi connectivity index (χ2v) is 3.96. The molecule has 0 heterocycles. The van der Waals surface area contributed by atoms with Gasteiger partial charge in [0.05, 0.1) is 18.0 Å². The number of quaternary nitrogens is 1. The molecule has 2 N–H and O–H groups in total. The van der Waals surface area contributed by atoms with E-state index in [0.717, 1.165) is 18.0 Å². The minimum Gasteiger partial charge on any atom is -0.328 e.